The van der Waals surface area contributed by atoms with E-state index in [0.717, 1.165) is 29.0 Å². The van der Waals surface area contributed by atoms with E-state index in [1.165, 1.54) is 0 Å². The molecule has 4 rings (SSSR count). The normalized spacial score (nSPS) is 17.0. The lowest BCUT2D eigenvalue weighted by Gasteiger charge is -2.30. The summed E-state index contributed by atoms with van der Waals surface area (Å²) in [6.07, 6.45) is 2.22. The molecule has 28 heavy (non-hydrogen) atoms. The second-order valence-electron chi connectivity index (χ2n) is 7.20. The molecule has 1 amide bonds. The van der Waals surface area contributed by atoms with Crippen molar-refractivity contribution in [1.82, 2.24) is 14.5 Å². The van der Waals surface area contributed by atoms with Crippen LogP contribution < -0.4 is 0 Å². The average Bonchev–Trinajstić information content (AvgIpc) is 3.11. The number of rotatable bonds is 5. The number of hydrogen-bond acceptors (Lipinski definition) is 3. The molecule has 3 aromatic rings. The Morgan fingerprint density at radius 2 is 1.82 bits per heavy atom. The molecule has 2 heterocycles. The van der Waals surface area contributed by atoms with E-state index in [2.05, 4.69) is 4.57 Å². The van der Waals surface area contributed by atoms with E-state index < -0.39 is 11.9 Å². The zero-order chi connectivity index (χ0) is 19.5. The molecule has 1 aliphatic rings. The van der Waals surface area contributed by atoms with Crippen molar-refractivity contribution in [3.05, 3.63) is 60.4 Å². The molecule has 6 nitrogen and oxygen atoms in total. The second kappa shape index (κ2) is 7.84. The number of imidazole rings is 1. The fourth-order valence-electron chi connectivity index (χ4n) is 3.89. The summed E-state index contributed by atoms with van der Waals surface area (Å²) < 4.78 is 2.10. The van der Waals surface area contributed by atoms with Gasteiger partial charge in [-0.1, -0.05) is 30.3 Å². The number of aliphatic carboxylic acids is 1. The first-order valence-electron chi connectivity index (χ1n) is 9.66. The molecular weight excluding hydrogens is 354 g/mol. The van der Waals surface area contributed by atoms with Crippen LogP contribution in [0.25, 0.3) is 16.7 Å². The Labute approximate surface area is 163 Å². The topological polar surface area (TPSA) is 75.4 Å². The molecule has 0 spiro atoms. The Morgan fingerprint density at radius 1 is 1.07 bits per heavy atom. The number of carboxylic acid groups (broad SMARTS) is 1. The highest BCUT2D eigenvalue weighted by Crippen LogP contribution is 2.23. The number of aromatic nitrogens is 2. The molecule has 1 atom stereocenters. The number of nitrogens with zero attached hydrogens (tertiary/aromatic N) is 3. The lowest BCUT2D eigenvalue weighted by Crippen LogP contribution is -2.42. The van der Waals surface area contributed by atoms with Crippen molar-refractivity contribution in [1.29, 1.82) is 0 Å². The number of hydrogen-bond donors (Lipinski definition) is 1. The Hall–Kier alpha value is -3.15. The Kier molecular flexibility index (Phi) is 5.10. The van der Waals surface area contributed by atoms with Crippen molar-refractivity contribution >= 4 is 22.9 Å². The summed E-state index contributed by atoms with van der Waals surface area (Å²) in [6, 6.07) is 17.9. The highest BCUT2D eigenvalue weighted by Gasteiger charge is 2.28. The summed E-state index contributed by atoms with van der Waals surface area (Å²) in [5, 5.41) is 9.24. The van der Waals surface area contributed by atoms with Gasteiger partial charge in [0.05, 0.1) is 17.0 Å². The van der Waals surface area contributed by atoms with Crippen LogP contribution in [-0.2, 0) is 16.0 Å². The summed E-state index contributed by atoms with van der Waals surface area (Å²) in [5.74, 6) is -0.430. The van der Waals surface area contributed by atoms with Gasteiger partial charge in [-0.3, -0.25) is 14.2 Å². The van der Waals surface area contributed by atoms with Crippen LogP contribution in [0, 0.1) is 5.92 Å². The van der Waals surface area contributed by atoms with Crippen LogP contribution in [-0.4, -0.2) is 44.5 Å². The van der Waals surface area contributed by atoms with Crippen molar-refractivity contribution in [3.8, 4) is 5.69 Å². The van der Waals surface area contributed by atoms with Gasteiger partial charge in [-0.2, -0.15) is 0 Å². The lowest BCUT2D eigenvalue weighted by atomic mass is 9.98. The van der Waals surface area contributed by atoms with E-state index in [9.17, 15) is 14.7 Å². The molecule has 1 aromatic heterocycles. The van der Waals surface area contributed by atoms with E-state index in [1.807, 2.05) is 54.6 Å². The van der Waals surface area contributed by atoms with Gasteiger partial charge in [-0.15, -0.1) is 0 Å². The quantitative estimate of drug-likeness (QED) is 0.740. The molecule has 144 valence electrons. The van der Waals surface area contributed by atoms with Gasteiger partial charge in [0.1, 0.15) is 5.82 Å². The van der Waals surface area contributed by atoms with Crippen LogP contribution in [0.3, 0.4) is 0 Å². The predicted molar refractivity (Wildman–Crippen MR) is 106 cm³/mol. The first-order valence-corrected chi connectivity index (χ1v) is 9.66. The maximum atomic E-state index is 12.7. The van der Waals surface area contributed by atoms with Crippen LogP contribution in [0.4, 0.5) is 0 Å². The van der Waals surface area contributed by atoms with Gasteiger partial charge >= 0.3 is 5.97 Å². The number of carbonyl (C=O) groups excluding carboxylic acids is 1. The van der Waals surface area contributed by atoms with Crippen molar-refractivity contribution < 1.29 is 14.7 Å². The minimum Gasteiger partial charge on any atom is -0.481 e. The third-order valence-corrected chi connectivity index (χ3v) is 5.33. The number of piperidine rings is 1. The zero-order valence-corrected chi connectivity index (χ0v) is 15.6. The van der Waals surface area contributed by atoms with E-state index in [4.69, 9.17) is 4.98 Å². The SMILES string of the molecule is O=C(O)[C@H]1CCCN(C(=O)CCc2nc3ccccc3n2-c2ccccc2)C1. The number of likely N-dealkylation sites (tertiary alicyclic amines) is 1. The third kappa shape index (κ3) is 3.63. The zero-order valence-electron chi connectivity index (χ0n) is 15.6. The van der Waals surface area contributed by atoms with Gasteiger partial charge < -0.3 is 10.0 Å². The van der Waals surface area contributed by atoms with E-state index in [-0.39, 0.29) is 5.91 Å². The first-order chi connectivity index (χ1) is 13.6. The number of aryl methyl sites for hydroxylation is 1. The maximum Gasteiger partial charge on any atom is 0.308 e. The van der Waals surface area contributed by atoms with Gasteiger partial charge in [-0.05, 0) is 37.1 Å². The van der Waals surface area contributed by atoms with Crippen LogP contribution in [0.5, 0.6) is 0 Å². The summed E-state index contributed by atoms with van der Waals surface area (Å²) >= 11 is 0. The molecule has 0 unspecified atom stereocenters. The number of amides is 1. The minimum absolute atomic E-state index is 0.00221. The average molecular weight is 377 g/mol. The van der Waals surface area contributed by atoms with E-state index >= 15 is 0 Å². The van der Waals surface area contributed by atoms with Crippen molar-refractivity contribution in [3.63, 3.8) is 0 Å². The smallest absolute Gasteiger partial charge is 0.308 e. The first kappa shape index (κ1) is 18.2. The molecule has 2 aromatic carbocycles. The largest absolute Gasteiger partial charge is 0.481 e. The second-order valence-corrected chi connectivity index (χ2v) is 7.20. The van der Waals surface area contributed by atoms with Crippen LogP contribution in [0.15, 0.2) is 54.6 Å². The monoisotopic (exact) mass is 377 g/mol. The molecular formula is C22H23N3O3. The van der Waals surface area contributed by atoms with Gasteiger partial charge in [0.2, 0.25) is 5.91 Å². The van der Waals surface area contributed by atoms with Crippen LogP contribution >= 0.6 is 0 Å². The fraction of sp³-hybridized carbons (Fsp3) is 0.318. The molecule has 1 N–H and O–H groups in total. The standard InChI is InChI=1S/C22H23N3O3/c26-21(24-14-6-7-16(15-24)22(27)28)13-12-20-23-18-10-4-5-11-19(18)25(20)17-8-2-1-3-9-17/h1-5,8-11,16H,6-7,12-15H2,(H,27,28)/t16-/m0/s1. The Bertz CT molecular complexity index is 997. The van der Waals surface area contributed by atoms with Gasteiger partial charge in [0, 0.05) is 31.6 Å². The highest BCUT2D eigenvalue weighted by molar-refractivity contribution is 5.80. The summed E-state index contributed by atoms with van der Waals surface area (Å²) in [4.78, 5) is 30.4. The molecule has 6 heteroatoms. The number of carbonyl (C=O) groups is 2. The molecule has 0 bridgehead atoms. The molecule has 0 radical (unpaired) electrons. The van der Waals surface area contributed by atoms with Crippen molar-refractivity contribution in [2.45, 2.75) is 25.7 Å². The highest BCUT2D eigenvalue weighted by atomic mass is 16.4. The number of para-hydroxylation sites is 3. The summed E-state index contributed by atoms with van der Waals surface area (Å²) in [7, 11) is 0. The fourth-order valence-corrected chi connectivity index (χ4v) is 3.89. The van der Waals surface area contributed by atoms with E-state index in [0.29, 0.717) is 32.4 Å². The third-order valence-electron chi connectivity index (χ3n) is 5.33. The van der Waals surface area contributed by atoms with E-state index in [1.54, 1.807) is 4.90 Å². The van der Waals surface area contributed by atoms with Crippen LogP contribution in [0.1, 0.15) is 25.1 Å². The van der Waals surface area contributed by atoms with Crippen molar-refractivity contribution in [2.24, 2.45) is 5.92 Å². The number of fused-ring (bicyclic) bond motifs is 1. The van der Waals surface area contributed by atoms with Crippen molar-refractivity contribution in [2.75, 3.05) is 13.1 Å². The van der Waals surface area contributed by atoms with Gasteiger partial charge in [0.15, 0.2) is 0 Å². The summed E-state index contributed by atoms with van der Waals surface area (Å²) in [6.45, 7) is 0.945. The number of benzene rings is 2. The Balaban J connectivity index is 1.55. The maximum absolute atomic E-state index is 12.7. The molecule has 0 aliphatic carbocycles. The van der Waals surface area contributed by atoms with Gasteiger partial charge in [-0.25, -0.2) is 4.98 Å². The van der Waals surface area contributed by atoms with Crippen LogP contribution in [0.2, 0.25) is 0 Å². The number of carboxylic acids is 1. The molecule has 1 fully saturated rings. The lowest BCUT2D eigenvalue weighted by molar-refractivity contribution is -0.145. The summed E-state index contributed by atoms with van der Waals surface area (Å²) in [5.41, 5.74) is 2.93. The molecule has 0 saturated carbocycles. The molecule has 1 saturated heterocycles. The molecule has 1 aliphatic heterocycles. The minimum atomic E-state index is -0.816. The van der Waals surface area contributed by atoms with Gasteiger partial charge in [0.25, 0.3) is 0 Å². The Morgan fingerprint density at radius 3 is 2.61 bits per heavy atom. The predicted octanol–water partition coefficient (Wildman–Crippen LogP) is 3.28.